The third kappa shape index (κ3) is 8.44. The van der Waals surface area contributed by atoms with E-state index in [1.54, 1.807) is 61.5 Å². The zero-order chi connectivity index (χ0) is 33.4. The number of carbonyl (C=O) groups is 4. The van der Waals surface area contributed by atoms with E-state index in [2.05, 4.69) is 0 Å². The summed E-state index contributed by atoms with van der Waals surface area (Å²) in [4.78, 5) is 48.3. The Morgan fingerprint density at radius 1 is 0.717 bits per heavy atom. The molecule has 0 aliphatic carbocycles. The lowest BCUT2D eigenvalue weighted by Gasteiger charge is -2.25. The predicted molar refractivity (Wildman–Crippen MR) is 164 cm³/mol. The van der Waals surface area contributed by atoms with Gasteiger partial charge in [-0.15, -0.1) is 0 Å². The minimum atomic E-state index is -1.27. The van der Waals surface area contributed by atoms with Crippen LogP contribution in [0.15, 0.2) is 65.1 Å². The molecule has 0 bridgehead atoms. The van der Waals surface area contributed by atoms with Crippen LogP contribution in [0.2, 0.25) is 0 Å². The molecular weight excluding hydrogens is 602 g/mol. The molecule has 0 atom stereocenters. The highest BCUT2D eigenvalue weighted by Gasteiger charge is 2.22. The van der Waals surface area contributed by atoms with Crippen LogP contribution in [-0.4, -0.2) is 83.7 Å². The topological polar surface area (TPSA) is 211 Å². The van der Waals surface area contributed by atoms with Gasteiger partial charge in [-0.3, -0.25) is 19.2 Å². The van der Waals surface area contributed by atoms with Crippen LogP contribution in [0.1, 0.15) is 11.1 Å². The van der Waals surface area contributed by atoms with Gasteiger partial charge in [0.05, 0.1) is 23.0 Å². The van der Waals surface area contributed by atoms with Crippen LogP contribution in [0.4, 0.5) is 11.4 Å². The van der Waals surface area contributed by atoms with Crippen molar-refractivity contribution >= 4 is 46.2 Å². The van der Waals surface area contributed by atoms with Crippen molar-refractivity contribution in [3.8, 4) is 28.9 Å². The molecule has 0 aliphatic heterocycles. The minimum Gasteiger partial charge on any atom is -0.488 e. The number of fused-ring (bicyclic) bond motifs is 1. The number of rotatable bonds is 16. The molecule has 0 saturated carbocycles. The van der Waals surface area contributed by atoms with Gasteiger partial charge < -0.3 is 44.1 Å². The minimum absolute atomic E-state index is 0.0956. The van der Waals surface area contributed by atoms with Crippen LogP contribution in [0.5, 0.6) is 11.5 Å². The third-order valence-corrected chi connectivity index (χ3v) is 6.60. The monoisotopic (exact) mass is 631 g/mol. The lowest BCUT2D eigenvalue weighted by molar-refractivity contribution is -0.138. The first-order chi connectivity index (χ1) is 21.9. The molecule has 0 spiro atoms. The highest BCUT2D eigenvalue weighted by atomic mass is 16.5. The van der Waals surface area contributed by atoms with Crippen LogP contribution in [0.3, 0.4) is 0 Å². The van der Waals surface area contributed by atoms with Crippen LogP contribution in [-0.2, 0) is 19.2 Å². The van der Waals surface area contributed by atoms with E-state index in [0.717, 1.165) is 15.4 Å². The molecule has 4 rings (SSSR count). The molecule has 0 radical (unpaired) electrons. The van der Waals surface area contributed by atoms with Crippen molar-refractivity contribution in [3.63, 3.8) is 0 Å². The number of hydrogen-bond acceptors (Lipinski definition) is 10. The Morgan fingerprint density at radius 2 is 1.24 bits per heavy atom. The Bertz CT molecular complexity index is 1780. The van der Waals surface area contributed by atoms with E-state index < -0.39 is 50.1 Å². The average Bonchev–Trinajstić information content (AvgIpc) is 3.40. The summed E-state index contributed by atoms with van der Waals surface area (Å²) in [6, 6.07) is 18.4. The van der Waals surface area contributed by atoms with Crippen LogP contribution in [0, 0.1) is 18.3 Å². The van der Waals surface area contributed by atoms with Crippen LogP contribution < -0.4 is 19.3 Å². The van der Waals surface area contributed by atoms with Gasteiger partial charge in [0.2, 0.25) is 0 Å². The molecule has 3 aromatic carbocycles. The van der Waals surface area contributed by atoms with E-state index in [9.17, 15) is 39.6 Å². The first-order valence-electron chi connectivity index (χ1n) is 13.7. The summed E-state index contributed by atoms with van der Waals surface area (Å²) in [7, 11) is 0. The van der Waals surface area contributed by atoms with Gasteiger partial charge in [-0.2, -0.15) is 5.26 Å². The van der Waals surface area contributed by atoms with Gasteiger partial charge in [0.25, 0.3) is 0 Å². The van der Waals surface area contributed by atoms with Crippen molar-refractivity contribution in [1.29, 1.82) is 5.26 Å². The number of nitrogens with zero attached hydrogens (tertiary/aromatic N) is 3. The summed E-state index contributed by atoms with van der Waals surface area (Å²) in [6.07, 6.45) is 0. The Labute approximate surface area is 261 Å². The second-order valence-electron chi connectivity index (χ2n) is 10.1. The molecule has 14 nitrogen and oxygen atoms in total. The Morgan fingerprint density at radius 3 is 1.76 bits per heavy atom. The Hall–Kier alpha value is -6.23. The van der Waals surface area contributed by atoms with Crippen LogP contribution in [0.25, 0.3) is 22.3 Å². The van der Waals surface area contributed by atoms with Gasteiger partial charge in [-0.05, 0) is 61.0 Å². The number of ether oxygens (including phenoxy) is 2. The number of nitriles is 1. The normalized spacial score (nSPS) is 10.6. The number of carboxylic acids is 4. The molecule has 0 saturated heterocycles. The molecule has 0 fully saturated rings. The van der Waals surface area contributed by atoms with Gasteiger partial charge in [-0.1, -0.05) is 6.07 Å². The quantitative estimate of drug-likeness (QED) is 0.130. The second kappa shape index (κ2) is 14.5. The summed E-state index contributed by atoms with van der Waals surface area (Å²) >= 11 is 0. The molecule has 0 aliphatic rings. The zero-order valence-corrected chi connectivity index (χ0v) is 24.5. The molecule has 4 aromatic rings. The van der Waals surface area contributed by atoms with Crippen molar-refractivity contribution < 1.29 is 53.5 Å². The molecule has 46 heavy (non-hydrogen) atoms. The lowest BCUT2D eigenvalue weighted by atomic mass is 10.1. The first-order valence-corrected chi connectivity index (χ1v) is 13.7. The van der Waals surface area contributed by atoms with Crippen molar-refractivity contribution in [2.24, 2.45) is 0 Å². The fraction of sp³-hybridized carbons (Fsp3) is 0.219. The maximum atomic E-state index is 11.6. The number of aliphatic carboxylic acids is 4. The fourth-order valence-corrected chi connectivity index (χ4v) is 4.68. The lowest BCUT2D eigenvalue weighted by Crippen LogP contribution is -2.35. The SMILES string of the molecule is Cc1ccc(N(CC(=O)O)CC(=O)O)c(OCCOc2cc3cc(-c4ccc(C#N)cc4)oc3cc2N(CC(=O)O)CC(=O)O)c1. The predicted octanol–water partition coefficient (Wildman–Crippen LogP) is 3.69. The standard InChI is InChI=1S/C32H29N3O11/c1-19-2-7-23(34(15-29(36)37)16-30(38)39)27(10-19)44-8-9-45-28-12-22-11-25(21-5-3-20(14-33)4-6-21)46-26(22)13-24(28)35(17-31(40)41)18-32(42)43/h2-7,10-13H,8-9,15-18H2,1H3,(H,36,37)(H,38,39)(H,40,41)(H,42,43). The summed E-state index contributed by atoms with van der Waals surface area (Å²) in [6.45, 7) is -0.885. The smallest absolute Gasteiger partial charge is 0.323 e. The van der Waals surface area contributed by atoms with E-state index in [-0.39, 0.29) is 36.1 Å². The van der Waals surface area contributed by atoms with Gasteiger partial charge in [0.15, 0.2) is 0 Å². The maximum Gasteiger partial charge on any atom is 0.323 e. The number of furan rings is 1. The summed E-state index contributed by atoms with van der Waals surface area (Å²) in [5.74, 6) is -4.18. The molecule has 1 aromatic heterocycles. The van der Waals surface area contributed by atoms with Crippen LogP contribution >= 0.6 is 0 Å². The Balaban J connectivity index is 1.63. The average molecular weight is 632 g/mol. The first kappa shape index (κ1) is 32.7. The van der Waals surface area contributed by atoms with Crippen molar-refractivity contribution in [3.05, 3.63) is 71.8 Å². The van der Waals surface area contributed by atoms with Crippen molar-refractivity contribution in [1.82, 2.24) is 0 Å². The summed E-state index contributed by atoms with van der Waals surface area (Å²) in [5.41, 5.74) is 2.64. The van der Waals surface area contributed by atoms with E-state index in [4.69, 9.17) is 19.2 Å². The maximum absolute atomic E-state index is 11.6. The zero-order valence-electron chi connectivity index (χ0n) is 24.5. The van der Waals surface area contributed by atoms with E-state index >= 15 is 0 Å². The van der Waals surface area contributed by atoms with E-state index in [0.29, 0.717) is 27.9 Å². The van der Waals surface area contributed by atoms with Gasteiger partial charge >= 0.3 is 23.9 Å². The van der Waals surface area contributed by atoms with Crippen molar-refractivity contribution in [2.45, 2.75) is 6.92 Å². The van der Waals surface area contributed by atoms with Gasteiger partial charge in [-0.25, -0.2) is 0 Å². The highest BCUT2D eigenvalue weighted by Crippen LogP contribution is 2.37. The molecule has 238 valence electrons. The molecule has 4 N–H and O–H groups in total. The summed E-state index contributed by atoms with van der Waals surface area (Å²) < 4.78 is 17.9. The fourth-order valence-electron chi connectivity index (χ4n) is 4.68. The van der Waals surface area contributed by atoms with Gasteiger partial charge in [0, 0.05) is 17.0 Å². The Kier molecular flexibility index (Phi) is 10.3. The highest BCUT2D eigenvalue weighted by molar-refractivity contribution is 5.91. The summed E-state index contributed by atoms with van der Waals surface area (Å²) in [5, 5.41) is 47.2. The number of anilines is 2. The number of hydrogen-bond donors (Lipinski definition) is 4. The number of aryl methyl sites for hydroxylation is 1. The molecule has 0 amide bonds. The van der Waals surface area contributed by atoms with E-state index in [1.165, 1.54) is 6.07 Å². The third-order valence-electron chi connectivity index (χ3n) is 6.60. The van der Waals surface area contributed by atoms with Crippen molar-refractivity contribution in [2.75, 3.05) is 49.2 Å². The van der Waals surface area contributed by atoms with Gasteiger partial charge in [0.1, 0.15) is 62.2 Å². The molecule has 14 heteroatoms. The molecule has 0 unspecified atom stereocenters. The van der Waals surface area contributed by atoms with E-state index in [1.807, 2.05) is 6.07 Å². The largest absolute Gasteiger partial charge is 0.488 e. The second-order valence-corrected chi connectivity index (χ2v) is 10.1. The number of carboxylic acid groups (broad SMARTS) is 4. The molecule has 1 heterocycles. The number of benzene rings is 3. The molecular formula is C32H29N3O11.